The molecule has 0 bridgehead atoms. The Morgan fingerprint density at radius 3 is 2.64 bits per heavy atom. The van der Waals surface area contributed by atoms with Gasteiger partial charge < -0.3 is 0 Å². The molecule has 6 heteroatoms. The summed E-state index contributed by atoms with van der Waals surface area (Å²) < 4.78 is 0. The molecule has 6 nitrogen and oxygen atoms in total. The van der Waals surface area contributed by atoms with E-state index in [-0.39, 0.29) is 0 Å². The molecule has 0 spiro atoms. The summed E-state index contributed by atoms with van der Waals surface area (Å²) in [7, 11) is 0. The van der Waals surface area contributed by atoms with Crippen LogP contribution < -0.4 is 0 Å². The lowest BCUT2D eigenvalue weighted by Gasteiger charge is -2.06. The third kappa shape index (κ3) is 2.86. The van der Waals surface area contributed by atoms with E-state index in [1.165, 1.54) is 4.80 Å². The molecule has 0 atom stereocenters. The largest absolute Gasteiger partial charge is 0.253 e. The van der Waals surface area contributed by atoms with Crippen LogP contribution in [0.5, 0.6) is 0 Å². The van der Waals surface area contributed by atoms with Crippen LogP contribution in [0.1, 0.15) is 5.56 Å². The Bertz CT molecular complexity index is 1060. The second-order valence-corrected chi connectivity index (χ2v) is 5.33. The van der Waals surface area contributed by atoms with Gasteiger partial charge in [0.2, 0.25) is 5.82 Å². The number of hydrogen-bond acceptors (Lipinski definition) is 5. The molecule has 0 saturated carbocycles. The van der Waals surface area contributed by atoms with Gasteiger partial charge in [-0.1, -0.05) is 36.4 Å². The maximum atomic E-state index is 9.30. The topological polar surface area (TPSA) is 80.3 Å². The minimum atomic E-state index is 0.462. The van der Waals surface area contributed by atoms with Crippen LogP contribution in [0.3, 0.4) is 0 Å². The Kier molecular flexibility index (Phi) is 3.73. The van der Waals surface area contributed by atoms with Crippen molar-refractivity contribution in [2.75, 3.05) is 0 Å². The zero-order valence-corrected chi connectivity index (χ0v) is 13.1. The minimum Gasteiger partial charge on any atom is -0.253 e. The first-order valence-electron chi connectivity index (χ1n) is 7.66. The van der Waals surface area contributed by atoms with E-state index in [9.17, 15) is 5.26 Å². The van der Waals surface area contributed by atoms with Crippen LogP contribution in [0.25, 0.3) is 28.3 Å². The summed E-state index contributed by atoms with van der Waals surface area (Å²) in [5.74, 6) is 0.462. The molecule has 0 amide bonds. The molecule has 0 aliphatic heterocycles. The Hall–Kier alpha value is -3.85. The van der Waals surface area contributed by atoms with Crippen LogP contribution in [-0.4, -0.2) is 25.2 Å². The van der Waals surface area contributed by atoms with E-state index < -0.39 is 0 Å². The van der Waals surface area contributed by atoms with E-state index in [0.29, 0.717) is 17.1 Å². The monoisotopic (exact) mass is 324 g/mol. The molecule has 0 aliphatic carbocycles. The van der Waals surface area contributed by atoms with Gasteiger partial charge in [0, 0.05) is 6.20 Å². The van der Waals surface area contributed by atoms with E-state index in [1.807, 2.05) is 60.7 Å². The average Bonchev–Trinajstić information content (AvgIpc) is 3.19. The Morgan fingerprint density at radius 1 is 0.920 bits per heavy atom. The molecular weight excluding hydrogens is 312 g/mol. The van der Waals surface area contributed by atoms with E-state index in [1.54, 1.807) is 12.3 Å². The molecule has 0 saturated heterocycles. The van der Waals surface area contributed by atoms with Crippen LogP contribution in [0, 0.1) is 11.3 Å². The summed E-state index contributed by atoms with van der Waals surface area (Å²) in [5.41, 5.74) is 3.85. The molecule has 4 aromatic rings. The number of rotatable bonds is 3. The predicted molar refractivity (Wildman–Crippen MR) is 92.5 cm³/mol. The smallest absolute Gasteiger partial charge is 0.223 e. The van der Waals surface area contributed by atoms with Gasteiger partial charge in [-0.15, -0.1) is 15.0 Å². The van der Waals surface area contributed by atoms with Gasteiger partial charge in [-0.25, -0.2) is 0 Å². The highest BCUT2D eigenvalue weighted by atomic mass is 15.6. The van der Waals surface area contributed by atoms with Crippen molar-refractivity contribution in [2.24, 2.45) is 0 Å². The summed E-state index contributed by atoms with van der Waals surface area (Å²) in [6, 6.07) is 22.9. The lowest BCUT2D eigenvalue weighted by Crippen LogP contribution is -1.99. The Labute approximate surface area is 144 Å². The molecule has 2 aromatic carbocycles. The lowest BCUT2D eigenvalue weighted by molar-refractivity contribution is 0.720. The predicted octanol–water partition coefficient (Wildman–Crippen LogP) is 3.26. The first-order chi connectivity index (χ1) is 12.3. The zero-order chi connectivity index (χ0) is 17.1. The third-order valence-corrected chi connectivity index (χ3v) is 3.74. The van der Waals surface area contributed by atoms with Gasteiger partial charge in [-0.2, -0.15) is 5.26 Å². The Morgan fingerprint density at radius 2 is 1.80 bits per heavy atom. The number of aromatic nitrogens is 5. The van der Waals surface area contributed by atoms with E-state index in [4.69, 9.17) is 0 Å². The van der Waals surface area contributed by atoms with Gasteiger partial charge in [0.15, 0.2) is 0 Å². The van der Waals surface area contributed by atoms with Gasteiger partial charge in [0.1, 0.15) is 5.69 Å². The van der Waals surface area contributed by atoms with Crippen molar-refractivity contribution in [2.45, 2.75) is 0 Å². The fourth-order valence-electron chi connectivity index (χ4n) is 2.55. The number of pyridine rings is 1. The number of tetrazole rings is 1. The first-order valence-corrected chi connectivity index (χ1v) is 7.66. The fraction of sp³-hybridized carbons (Fsp3) is 0. The number of benzene rings is 2. The summed E-state index contributed by atoms with van der Waals surface area (Å²) in [4.78, 5) is 5.69. The molecular formula is C19H12N6. The molecule has 0 fully saturated rings. The van der Waals surface area contributed by atoms with Crippen molar-refractivity contribution in [1.82, 2.24) is 25.2 Å². The van der Waals surface area contributed by atoms with Crippen LogP contribution in [-0.2, 0) is 0 Å². The van der Waals surface area contributed by atoms with E-state index >= 15 is 0 Å². The normalized spacial score (nSPS) is 10.4. The highest BCUT2D eigenvalue weighted by Crippen LogP contribution is 2.25. The molecule has 0 unspecified atom stereocenters. The van der Waals surface area contributed by atoms with Gasteiger partial charge in [-0.05, 0) is 46.7 Å². The highest BCUT2D eigenvalue weighted by molar-refractivity contribution is 5.71. The van der Waals surface area contributed by atoms with Crippen molar-refractivity contribution in [3.05, 3.63) is 78.5 Å². The van der Waals surface area contributed by atoms with Crippen molar-refractivity contribution in [3.8, 4) is 34.4 Å². The second-order valence-electron chi connectivity index (χ2n) is 5.33. The molecule has 2 aromatic heterocycles. The van der Waals surface area contributed by atoms with Gasteiger partial charge in [-0.3, -0.25) is 4.98 Å². The van der Waals surface area contributed by atoms with E-state index in [2.05, 4.69) is 26.5 Å². The van der Waals surface area contributed by atoms with Crippen LogP contribution >= 0.6 is 0 Å². The first kappa shape index (κ1) is 14.7. The summed E-state index contributed by atoms with van der Waals surface area (Å²) in [6.07, 6.45) is 1.69. The maximum Gasteiger partial charge on any atom is 0.223 e. The molecule has 25 heavy (non-hydrogen) atoms. The zero-order valence-electron chi connectivity index (χ0n) is 13.1. The van der Waals surface area contributed by atoms with Crippen molar-refractivity contribution >= 4 is 0 Å². The molecule has 0 radical (unpaired) electrons. The van der Waals surface area contributed by atoms with Crippen molar-refractivity contribution in [3.63, 3.8) is 0 Å². The second kappa shape index (κ2) is 6.34. The van der Waals surface area contributed by atoms with Crippen LogP contribution in [0.15, 0.2) is 72.9 Å². The van der Waals surface area contributed by atoms with Gasteiger partial charge in [0.05, 0.1) is 17.3 Å². The van der Waals surface area contributed by atoms with Crippen LogP contribution in [0.4, 0.5) is 0 Å². The number of nitrogens with zero attached hydrogens (tertiary/aromatic N) is 6. The summed E-state index contributed by atoms with van der Waals surface area (Å²) >= 11 is 0. The molecule has 118 valence electrons. The average molecular weight is 324 g/mol. The summed E-state index contributed by atoms with van der Waals surface area (Å²) in [5, 5.41) is 21.9. The van der Waals surface area contributed by atoms with Crippen molar-refractivity contribution in [1.29, 1.82) is 5.26 Å². The van der Waals surface area contributed by atoms with Crippen LogP contribution in [0.2, 0.25) is 0 Å². The van der Waals surface area contributed by atoms with Crippen molar-refractivity contribution < 1.29 is 0 Å². The minimum absolute atomic E-state index is 0.462. The summed E-state index contributed by atoms with van der Waals surface area (Å²) in [6.45, 7) is 0. The molecule has 4 rings (SSSR count). The molecule has 0 N–H and O–H groups in total. The Balaban J connectivity index is 1.74. The third-order valence-electron chi connectivity index (χ3n) is 3.74. The number of nitriles is 1. The molecule has 2 heterocycles. The SMILES string of the molecule is N#Cc1ccccc1-c1cccc(-n2nnc(-c3ccccn3)n2)c1. The molecule has 0 aliphatic rings. The maximum absolute atomic E-state index is 9.30. The van der Waals surface area contributed by atoms with Gasteiger partial charge >= 0.3 is 0 Å². The fourth-order valence-corrected chi connectivity index (χ4v) is 2.55. The quantitative estimate of drug-likeness (QED) is 0.578. The number of hydrogen-bond donors (Lipinski definition) is 0. The highest BCUT2D eigenvalue weighted by Gasteiger charge is 2.10. The van der Waals surface area contributed by atoms with Gasteiger partial charge in [0.25, 0.3) is 0 Å². The lowest BCUT2D eigenvalue weighted by atomic mass is 10.0. The standard InChI is InChI=1S/C19H12N6/c20-13-15-6-1-2-9-17(15)14-7-5-8-16(12-14)25-23-19(22-24-25)18-10-3-4-11-21-18/h1-12H. The van der Waals surface area contributed by atoms with E-state index in [0.717, 1.165) is 16.8 Å².